The monoisotopic (exact) mass is 482 g/mol. The molecule has 3 N–H and O–H groups in total. The van der Waals surface area contributed by atoms with E-state index in [2.05, 4.69) is 27.4 Å². The fourth-order valence-electron chi connectivity index (χ4n) is 6.82. The van der Waals surface area contributed by atoms with E-state index >= 15 is 0 Å². The van der Waals surface area contributed by atoms with Crippen LogP contribution < -0.4 is 0 Å². The zero-order valence-electron chi connectivity index (χ0n) is 20.7. The van der Waals surface area contributed by atoms with Gasteiger partial charge in [0.15, 0.2) is 5.79 Å². The number of fused-ring (bicyclic) bond motifs is 1. The van der Waals surface area contributed by atoms with E-state index in [4.69, 9.17) is 18.9 Å². The van der Waals surface area contributed by atoms with Crippen molar-refractivity contribution >= 4 is 5.97 Å². The molecular formula is C26H42O8. The molecule has 3 unspecified atom stereocenters. The van der Waals surface area contributed by atoms with Crippen LogP contribution in [0.3, 0.4) is 0 Å². The molecule has 0 radical (unpaired) electrons. The molecule has 0 aromatic rings. The van der Waals surface area contributed by atoms with Crippen molar-refractivity contribution in [3.8, 4) is 0 Å². The minimum atomic E-state index is -2.34. The van der Waals surface area contributed by atoms with Crippen LogP contribution >= 0.6 is 0 Å². The number of hydrogen-bond donors (Lipinski definition) is 3. The van der Waals surface area contributed by atoms with Crippen LogP contribution in [0.5, 0.6) is 0 Å². The largest absolute Gasteiger partial charge is 0.460 e. The first kappa shape index (κ1) is 26.0. The summed E-state index contributed by atoms with van der Waals surface area (Å²) < 4.78 is 24.2. The highest BCUT2D eigenvalue weighted by atomic mass is 16.8. The lowest BCUT2D eigenvalue weighted by molar-refractivity contribution is -0.262. The van der Waals surface area contributed by atoms with E-state index in [1.807, 2.05) is 0 Å². The Morgan fingerprint density at radius 1 is 1.12 bits per heavy atom. The highest BCUT2D eigenvalue weighted by molar-refractivity contribution is 5.82. The molecule has 1 aliphatic heterocycles. The number of hydrogen-bond acceptors (Lipinski definition) is 8. The molecule has 0 bridgehead atoms. The standard InChI is InChI=1S/C26H42O8/c1-5-14-31-22-20(28)19(27)21-23(34-25(33-21)12-7-6-8-13-25)26(22,30)24(29)32-17-11-9-10-16(4)18(17)15(2)3/h5,15-23,27-28,30H,1,6-14H2,2-4H3/t16?,17?,18?,19-,20-,21+,22+,23+,26-/m1/s1. The van der Waals surface area contributed by atoms with Gasteiger partial charge in [-0.3, -0.25) is 0 Å². The lowest BCUT2D eigenvalue weighted by Gasteiger charge is -2.48. The molecule has 1 saturated heterocycles. The third-order valence-corrected chi connectivity index (χ3v) is 8.45. The Balaban J connectivity index is 1.66. The maximum atomic E-state index is 13.8. The second-order valence-corrected chi connectivity index (χ2v) is 11.1. The molecule has 8 heteroatoms. The molecule has 9 atom stereocenters. The molecule has 1 spiro atoms. The molecule has 0 aromatic heterocycles. The first-order valence-electron chi connectivity index (χ1n) is 13.0. The van der Waals surface area contributed by atoms with Crippen LogP contribution in [-0.4, -0.2) is 75.9 Å². The normalized spacial score (nSPS) is 44.1. The molecule has 8 nitrogen and oxygen atoms in total. The number of aliphatic hydroxyl groups is 3. The highest BCUT2D eigenvalue weighted by Crippen LogP contribution is 2.49. The number of carbonyl (C=O) groups excluding carboxylic acids is 1. The minimum absolute atomic E-state index is 0.0253. The Bertz CT molecular complexity index is 734. The summed E-state index contributed by atoms with van der Waals surface area (Å²) in [7, 11) is 0. The molecule has 0 amide bonds. The Hall–Kier alpha value is -1.03. The zero-order chi connectivity index (χ0) is 24.7. The molecule has 1 heterocycles. The topological polar surface area (TPSA) is 115 Å². The van der Waals surface area contributed by atoms with Gasteiger partial charge in [-0.1, -0.05) is 39.7 Å². The van der Waals surface area contributed by atoms with Gasteiger partial charge >= 0.3 is 5.97 Å². The Morgan fingerprint density at radius 2 is 1.82 bits per heavy atom. The number of carbonyl (C=O) groups is 1. The van der Waals surface area contributed by atoms with Gasteiger partial charge in [0.25, 0.3) is 0 Å². The van der Waals surface area contributed by atoms with Crippen LogP contribution in [0.15, 0.2) is 12.7 Å². The zero-order valence-corrected chi connectivity index (χ0v) is 20.7. The van der Waals surface area contributed by atoms with Gasteiger partial charge in [0.1, 0.15) is 36.6 Å². The van der Waals surface area contributed by atoms with Crippen molar-refractivity contribution in [2.75, 3.05) is 6.61 Å². The summed E-state index contributed by atoms with van der Waals surface area (Å²) in [6, 6.07) is 0. The van der Waals surface area contributed by atoms with Crippen molar-refractivity contribution in [3.63, 3.8) is 0 Å². The molecule has 3 aliphatic carbocycles. The van der Waals surface area contributed by atoms with Gasteiger partial charge in [-0.15, -0.1) is 6.58 Å². The first-order valence-corrected chi connectivity index (χ1v) is 13.0. The number of rotatable bonds is 6. The maximum absolute atomic E-state index is 13.8. The van der Waals surface area contributed by atoms with Crippen LogP contribution in [-0.2, 0) is 23.7 Å². The fourth-order valence-corrected chi connectivity index (χ4v) is 6.82. The number of ether oxygens (including phenoxy) is 4. The van der Waals surface area contributed by atoms with Crippen LogP contribution in [0.2, 0.25) is 0 Å². The average Bonchev–Trinajstić information content (AvgIpc) is 3.17. The second kappa shape index (κ2) is 10.1. The van der Waals surface area contributed by atoms with Crippen molar-refractivity contribution in [2.45, 2.75) is 120 Å². The quantitative estimate of drug-likeness (QED) is 0.391. The SMILES string of the molecule is C=CCO[C@H]1[C@H](O)[C@@H](O)[C@@H]2OC3(CCCCC3)O[C@@H]2[C@@]1(O)C(=O)OC1CCCC(C)C1C(C)C. The molecule has 194 valence electrons. The fraction of sp³-hybridized carbons (Fsp3) is 0.885. The van der Waals surface area contributed by atoms with E-state index in [0.29, 0.717) is 31.1 Å². The van der Waals surface area contributed by atoms with Gasteiger partial charge in [0.05, 0.1) is 6.61 Å². The lowest BCUT2D eigenvalue weighted by atomic mass is 9.72. The molecule has 4 fully saturated rings. The highest BCUT2D eigenvalue weighted by Gasteiger charge is 2.70. The number of aliphatic hydroxyl groups excluding tert-OH is 2. The Kier molecular flexibility index (Phi) is 7.77. The van der Waals surface area contributed by atoms with Gasteiger partial charge in [-0.25, -0.2) is 4.79 Å². The molecule has 4 rings (SSSR count). The third-order valence-electron chi connectivity index (χ3n) is 8.45. The Morgan fingerprint density at radius 3 is 2.47 bits per heavy atom. The van der Waals surface area contributed by atoms with E-state index in [1.54, 1.807) is 0 Å². The summed E-state index contributed by atoms with van der Waals surface area (Å²) in [6.45, 7) is 10.0. The van der Waals surface area contributed by atoms with Crippen molar-refractivity contribution in [1.82, 2.24) is 0 Å². The van der Waals surface area contributed by atoms with Crippen LogP contribution in [0.25, 0.3) is 0 Å². The molecule has 4 aliphatic rings. The predicted octanol–water partition coefficient (Wildman–Crippen LogP) is 2.47. The van der Waals surface area contributed by atoms with Gasteiger partial charge < -0.3 is 34.3 Å². The smallest absolute Gasteiger partial charge is 0.344 e. The summed E-state index contributed by atoms with van der Waals surface area (Å²) in [5.74, 6) is -1.02. The second-order valence-electron chi connectivity index (χ2n) is 11.1. The summed E-state index contributed by atoms with van der Waals surface area (Å²) in [5, 5.41) is 33.9. The van der Waals surface area contributed by atoms with E-state index in [9.17, 15) is 20.1 Å². The summed E-state index contributed by atoms with van der Waals surface area (Å²) in [5.41, 5.74) is -2.34. The van der Waals surface area contributed by atoms with Gasteiger partial charge in [-0.05, 0) is 37.5 Å². The summed E-state index contributed by atoms with van der Waals surface area (Å²) in [6.07, 6.45) is 1.16. The van der Waals surface area contributed by atoms with Gasteiger partial charge in [0, 0.05) is 18.8 Å². The van der Waals surface area contributed by atoms with Crippen molar-refractivity contribution in [2.24, 2.45) is 17.8 Å². The molecular weight excluding hydrogens is 440 g/mol. The van der Waals surface area contributed by atoms with Crippen LogP contribution in [0.4, 0.5) is 0 Å². The minimum Gasteiger partial charge on any atom is -0.460 e. The molecule has 0 aromatic carbocycles. The van der Waals surface area contributed by atoms with E-state index < -0.39 is 47.9 Å². The first-order chi connectivity index (χ1) is 16.1. The Labute approximate surface area is 202 Å². The van der Waals surface area contributed by atoms with Crippen molar-refractivity contribution in [1.29, 1.82) is 0 Å². The summed E-state index contributed by atoms with van der Waals surface area (Å²) in [4.78, 5) is 13.8. The van der Waals surface area contributed by atoms with Gasteiger partial charge in [-0.2, -0.15) is 0 Å². The third kappa shape index (κ3) is 4.46. The molecule has 3 saturated carbocycles. The average molecular weight is 483 g/mol. The van der Waals surface area contributed by atoms with Crippen molar-refractivity contribution < 1.29 is 39.1 Å². The lowest BCUT2D eigenvalue weighted by Crippen LogP contribution is -2.74. The van der Waals surface area contributed by atoms with E-state index in [-0.39, 0.29) is 18.6 Å². The van der Waals surface area contributed by atoms with Crippen LogP contribution in [0.1, 0.15) is 72.1 Å². The van der Waals surface area contributed by atoms with Crippen molar-refractivity contribution in [3.05, 3.63) is 12.7 Å². The molecule has 34 heavy (non-hydrogen) atoms. The number of esters is 1. The predicted molar refractivity (Wildman–Crippen MR) is 124 cm³/mol. The van der Waals surface area contributed by atoms with Gasteiger partial charge in [0.2, 0.25) is 5.60 Å². The van der Waals surface area contributed by atoms with Crippen LogP contribution in [0, 0.1) is 17.8 Å². The van der Waals surface area contributed by atoms with E-state index in [0.717, 1.165) is 32.1 Å². The van der Waals surface area contributed by atoms with E-state index in [1.165, 1.54) is 6.08 Å². The maximum Gasteiger partial charge on any atom is 0.344 e. The summed E-state index contributed by atoms with van der Waals surface area (Å²) >= 11 is 0.